The molecule has 0 aliphatic carbocycles. The van der Waals surface area contributed by atoms with E-state index < -0.39 is 0 Å². The summed E-state index contributed by atoms with van der Waals surface area (Å²) in [7, 11) is 0. The number of nitrogens with one attached hydrogen (secondary N) is 1. The van der Waals surface area contributed by atoms with E-state index in [0.29, 0.717) is 28.6 Å². The van der Waals surface area contributed by atoms with Crippen LogP contribution in [0.3, 0.4) is 0 Å². The molecule has 0 atom stereocenters. The minimum atomic E-state index is 0.334. The van der Waals surface area contributed by atoms with Crippen LogP contribution in [0.4, 0.5) is 11.6 Å². The number of hydrogen-bond donors (Lipinski definition) is 2. The Labute approximate surface area is 155 Å². The van der Waals surface area contributed by atoms with Gasteiger partial charge in [0.15, 0.2) is 0 Å². The van der Waals surface area contributed by atoms with Gasteiger partial charge in [-0.25, -0.2) is 4.98 Å². The van der Waals surface area contributed by atoms with Gasteiger partial charge in [-0.2, -0.15) is 19.7 Å². The van der Waals surface area contributed by atoms with E-state index in [1.807, 2.05) is 24.6 Å². The summed E-state index contributed by atoms with van der Waals surface area (Å²) in [6.07, 6.45) is 3.39. The predicted octanol–water partition coefficient (Wildman–Crippen LogP) is 2.93. The lowest BCUT2D eigenvalue weighted by Gasteiger charge is -2.11. The van der Waals surface area contributed by atoms with Crippen molar-refractivity contribution in [1.82, 2.24) is 29.7 Å². The smallest absolute Gasteiger partial charge is 0.255 e. The summed E-state index contributed by atoms with van der Waals surface area (Å²) in [6, 6.07) is 3.75. The quantitative estimate of drug-likeness (QED) is 0.526. The minimum Gasteiger partial charge on any atom is -0.383 e. The Kier molecular flexibility index (Phi) is 4.06. The predicted molar refractivity (Wildman–Crippen MR) is 101 cm³/mol. The third kappa shape index (κ3) is 2.94. The molecule has 10 heteroatoms. The molecule has 0 amide bonds. The standard InChI is InChI=1S/C15H13BrN8S/c1-8-11(25-7-20-8)6-19-14-12(16)13(17)22-15(23-14)24-10-3-2-4-18-9(10)5-21-24/h2-5,7H,6H2,1H3,(H3,17,19,22,23). The largest absolute Gasteiger partial charge is 0.383 e. The van der Waals surface area contributed by atoms with Gasteiger partial charge in [-0.05, 0) is 35.0 Å². The summed E-state index contributed by atoms with van der Waals surface area (Å²) in [5, 5.41) is 7.61. The molecule has 0 saturated heterocycles. The van der Waals surface area contributed by atoms with E-state index in [-0.39, 0.29) is 0 Å². The number of aromatic nitrogens is 6. The maximum atomic E-state index is 6.05. The Balaban J connectivity index is 1.72. The zero-order valence-corrected chi connectivity index (χ0v) is 15.5. The van der Waals surface area contributed by atoms with Crippen LogP contribution in [0.2, 0.25) is 0 Å². The van der Waals surface area contributed by atoms with E-state index in [9.17, 15) is 0 Å². The molecule has 0 unspecified atom stereocenters. The second kappa shape index (κ2) is 6.37. The number of fused-ring (bicyclic) bond motifs is 1. The van der Waals surface area contributed by atoms with Crippen LogP contribution in [0.1, 0.15) is 10.6 Å². The van der Waals surface area contributed by atoms with Gasteiger partial charge in [0, 0.05) is 11.1 Å². The van der Waals surface area contributed by atoms with Crippen molar-refractivity contribution in [3.8, 4) is 5.95 Å². The fourth-order valence-electron chi connectivity index (χ4n) is 2.35. The lowest BCUT2D eigenvalue weighted by Crippen LogP contribution is -2.10. The molecule has 0 aromatic carbocycles. The molecule has 25 heavy (non-hydrogen) atoms. The van der Waals surface area contributed by atoms with E-state index >= 15 is 0 Å². The van der Waals surface area contributed by atoms with Crippen LogP contribution in [0.5, 0.6) is 0 Å². The van der Waals surface area contributed by atoms with E-state index in [1.165, 1.54) is 0 Å². The number of thiazole rings is 1. The molecule has 4 aromatic rings. The van der Waals surface area contributed by atoms with Gasteiger partial charge in [0.05, 0.1) is 29.5 Å². The molecule has 0 fully saturated rings. The Hall–Kier alpha value is -2.59. The number of pyridine rings is 1. The highest BCUT2D eigenvalue weighted by molar-refractivity contribution is 9.10. The monoisotopic (exact) mass is 416 g/mol. The molecule has 0 bridgehead atoms. The molecule has 8 nitrogen and oxygen atoms in total. The van der Waals surface area contributed by atoms with E-state index in [4.69, 9.17) is 5.73 Å². The van der Waals surface area contributed by atoms with Gasteiger partial charge >= 0.3 is 0 Å². The molecule has 0 aliphatic rings. The Morgan fingerprint density at radius 2 is 2.20 bits per heavy atom. The summed E-state index contributed by atoms with van der Waals surface area (Å²) in [5.74, 6) is 1.32. The number of rotatable bonds is 4. The Morgan fingerprint density at radius 3 is 3.00 bits per heavy atom. The van der Waals surface area contributed by atoms with Crippen molar-refractivity contribution in [2.75, 3.05) is 11.1 Å². The van der Waals surface area contributed by atoms with Crippen LogP contribution >= 0.6 is 27.3 Å². The van der Waals surface area contributed by atoms with Crippen LogP contribution in [0.15, 0.2) is 34.5 Å². The van der Waals surface area contributed by atoms with Gasteiger partial charge in [0.1, 0.15) is 21.6 Å². The summed E-state index contributed by atoms with van der Waals surface area (Å²) in [4.78, 5) is 18.6. The maximum absolute atomic E-state index is 6.05. The number of nitrogen functional groups attached to an aromatic ring is 1. The Bertz CT molecular complexity index is 1060. The summed E-state index contributed by atoms with van der Waals surface area (Å²) in [5.41, 5.74) is 10.4. The van der Waals surface area contributed by atoms with Crippen molar-refractivity contribution >= 4 is 49.9 Å². The summed E-state index contributed by atoms with van der Waals surface area (Å²) >= 11 is 5.04. The van der Waals surface area contributed by atoms with Gasteiger partial charge in [0.25, 0.3) is 5.95 Å². The molecule has 0 radical (unpaired) electrons. The van der Waals surface area contributed by atoms with Crippen molar-refractivity contribution in [3.63, 3.8) is 0 Å². The molecular weight excluding hydrogens is 404 g/mol. The lowest BCUT2D eigenvalue weighted by atomic mass is 10.4. The summed E-state index contributed by atoms with van der Waals surface area (Å²) in [6.45, 7) is 2.58. The highest BCUT2D eigenvalue weighted by atomic mass is 79.9. The number of nitrogens with two attached hydrogens (primary N) is 1. The molecule has 0 saturated carbocycles. The van der Waals surface area contributed by atoms with Gasteiger partial charge in [-0.15, -0.1) is 11.3 Å². The second-order valence-electron chi connectivity index (χ2n) is 5.25. The summed E-state index contributed by atoms with van der Waals surface area (Å²) < 4.78 is 2.24. The molecule has 4 rings (SSSR count). The number of anilines is 2. The molecule has 4 aromatic heterocycles. The zero-order valence-electron chi connectivity index (χ0n) is 13.1. The van der Waals surface area contributed by atoms with Crippen molar-refractivity contribution in [3.05, 3.63) is 45.1 Å². The fourth-order valence-corrected chi connectivity index (χ4v) is 3.38. The van der Waals surface area contributed by atoms with Crippen LogP contribution in [0.25, 0.3) is 17.0 Å². The van der Waals surface area contributed by atoms with E-state index in [1.54, 1.807) is 28.4 Å². The minimum absolute atomic E-state index is 0.334. The lowest BCUT2D eigenvalue weighted by molar-refractivity contribution is 0.833. The van der Waals surface area contributed by atoms with Gasteiger partial charge in [-0.1, -0.05) is 0 Å². The van der Waals surface area contributed by atoms with Gasteiger partial charge in [-0.3, -0.25) is 4.98 Å². The fraction of sp³-hybridized carbons (Fsp3) is 0.133. The normalized spacial score (nSPS) is 11.1. The molecule has 126 valence electrons. The second-order valence-corrected chi connectivity index (χ2v) is 6.98. The average molecular weight is 417 g/mol. The van der Waals surface area contributed by atoms with Crippen LogP contribution in [-0.4, -0.2) is 29.7 Å². The number of nitrogens with zero attached hydrogens (tertiary/aromatic N) is 6. The molecule has 3 N–H and O–H groups in total. The topological polar surface area (TPSA) is 107 Å². The molecule has 4 heterocycles. The Morgan fingerprint density at radius 1 is 1.32 bits per heavy atom. The molecule has 0 spiro atoms. The van der Waals surface area contributed by atoms with Gasteiger partial charge < -0.3 is 11.1 Å². The van der Waals surface area contributed by atoms with E-state index in [0.717, 1.165) is 21.6 Å². The first-order valence-corrected chi connectivity index (χ1v) is 9.05. The first-order valence-electron chi connectivity index (χ1n) is 7.38. The average Bonchev–Trinajstić information content (AvgIpc) is 3.22. The SMILES string of the molecule is Cc1ncsc1CNc1nc(-n2ncc3ncccc32)nc(N)c1Br. The first kappa shape index (κ1) is 15.9. The van der Waals surface area contributed by atoms with Crippen molar-refractivity contribution < 1.29 is 0 Å². The highest BCUT2D eigenvalue weighted by Gasteiger charge is 2.14. The number of halogens is 1. The van der Waals surface area contributed by atoms with Crippen LogP contribution in [-0.2, 0) is 6.54 Å². The third-order valence-electron chi connectivity index (χ3n) is 3.66. The highest BCUT2D eigenvalue weighted by Crippen LogP contribution is 2.28. The van der Waals surface area contributed by atoms with Crippen LogP contribution < -0.4 is 11.1 Å². The number of hydrogen-bond acceptors (Lipinski definition) is 8. The van der Waals surface area contributed by atoms with Crippen molar-refractivity contribution in [2.24, 2.45) is 0 Å². The zero-order chi connectivity index (χ0) is 17.4. The number of aryl methyl sites for hydroxylation is 1. The van der Waals surface area contributed by atoms with E-state index in [2.05, 4.69) is 46.3 Å². The first-order chi connectivity index (χ1) is 12.1. The maximum Gasteiger partial charge on any atom is 0.255 e. The van der Waals surface area contributed by atoms with Crippen molar-refractivity contribution in [2.45, 2.75) is 13.5 Å². The van der Waals surface area contributed by atoms with Gasteiger partial charge in [0.2, 0.25) is 0 Å². The molecule has 0 aliphatic heterocycles. The van der Waals surface area contributed by atoms with Crippen LogP contribution in [0, 0.1) is 6.92 Å². The third-order valence-corrected chi connectivity index (χ3v) is 5.37. The van der Waals surface area contributed by atoms with Crippen molar-refractivity contribution in [1.29, 1.82) is 0 Å². The molecular formula is C15H13BrN8S.